The number of aryl methyl sites for hydroxylation is 1. The number of phenols is 1. The summed E-state index contributed by atoms with van der Waals surface area (Å²) in [6.45, 7) is 2.18. The van der Waals surface area contributed by atoms with Crippen molar-refractivity contribution in [1.82, 2.24) is 9.55 Å². The first-order valence-electron chi connectivity index (χ1n) is 8.11. The highest BCUT2D eigenvalue weighted by atomic mass is 16.5. The van der Waals surface area contributed by atoms with Gasteiger partial charge in [0, 0.05) is 30.1 Å². The number of rotatable bonds is 2. The quantitative estimate of drug-likeness (QED) is 0.749. The summed E-state index contributed by atoms with van der Waals surface area (Å²) < 4.78 is 6.94. The summed E-state index contributed by atoms with van der Waals surface area (Å²) in [4.78, 5) is 17.0. The number of ether oxygens (including phenoxy) is 1. The minimum atomic E-state index is -0.726. The van der Waals surface area contributed by atoms with Crippen LogP contribution in [0.2, 0.25) is 0 Å². The molecule has 4 rings (SSSR count). The molecule has 0 saturated heterocycles. The second-order valence-electron chi connectivity index (χ2n) is 6.28. The average molecular weight is 338 g/mol. The van der Waals surface area contributed by atoms with Gasteiger partial charge in [-0.3, -0.25) is 9.78 Å². The van der Waals surface area contributed by atoms with Crippen molar-refractivity contribution >= 4 is 10.8 Å². The van der Waals surface area contributed by atoms with E-state index in [0.29, 0.717) is 35.1 Å². The first-order valence-corrected chi connectivity index (χ1v) is 8.11. The third-order valence-electron chi connectivity index (χ3n) is 4.80. The van der Waals surface area contributed by atoms with E-state index in [9.17, 15) is 15.0 Å². The Kier molecular flexibility index (Phi) is 3.51. The molecule has 1 aromatic carbocycles. The maximum absolute atomic E-state index is 12.9. The highest BCUT2D eigenvalue weighted by molar-refractivity contribution is 5.88. The molecule has 0 fully saturated rings. The van der Waals surface area contributed by atoms with Crippen molar-refractivity contribution in [3.63, 3.8) is 0 Å². The van der Waals surface area contributed by atoms with Crippen molar-refractivity contribution in [2.75, 3.05) is 7.11 Å². The number of fused-ring (bicyclic) bond motifs is 4. The van der Waals surface area contributed by atoms with Crippen molar-refractivity contribution < 1.29 is 14.9 Å². The van der Waals surface area contributed by atoms with Crippen molar-refractivity contribution in [1.29, 1.82) is 0 Å². The van der Waals surface area contributed by atoms with Crippen molar-refractivity contribution in [2.24, 2.45) is 0 Å². The van der Waals surface area contributed by atoms with Crippen LogP contribution in [0, 0.1) is 0 Å². The highest BCUT2D eigenvalue weighted by Crippen LogP contribution is 2.38. The van der Waals surface area contributed by atoms with Gasteiger partial charge in [-0.2, -0.15) is 0 Å². The number of methoxy groups -OCH3 is 1. The lowest BCUT2D eigenvalue weighted by Gasteiger charge is -2.24. The van der Waals surface area contributed by atoms with Gasteiger partial charge in [-0.1, -0.05) is 0 Å². The van der Waals surface area contributed by atoms with Crippen LogP contribution in [0.5, 0.6) is 11.5 Å². The Morgan fingerprint density at radius 2 is 2.04 bits per heavy atom. The minimum absolute atomic E-state index is 0.0895. The number of aromatic nitrogens is 2. The molecule has 6 nitrogen and oxygen atoms in total. The van der Waals surface area contributed by atoms with E-state index in [1.54, 1.807) is 36.0 Å². The van der Waals surface area contributed by atoms with E-state index in [1.807, 2.05) is 6.07 Å². The zero-order chi connectivity index (χ0) is 17.7. The Morgan fingerprint density at radius 3 is 2.76 bits per heavy atom. The normalized spacial score (nSPS) is 14.0. The smallest absolute Gasteiger partial charge is 0.260 e. The van der Waals surface area contributed by atoms with Crippen LogP contribution in [0.4, 0.5) is 0 Å². The van der Waals surface area contributed by atoms with Gasteiger partial charge in [0.1, 0.15) is 0 Å². The lowest BCUT2D eigenvalue weighted by molar-refractivity contribution is 0.200. The summed E-state index contributed by atoms with van der Waals surface area (Å²) in [7, 11) is 1.50. The molecule has 128 valence electrons. The Morgan fingerprint density at radius 1 is 1.24 bits per heavy atom. The number of pyridine rings is 2. The van der Waals surface area contributed by atoms with Crippen molar-refractivity contribution in [2.45, 2.75) is 26.0 Å². The van der Waals surface area contributed by atoms with E-state index in [4.69, 9.17) is 4.74 Å². The Labute approximate surface area is 144 Å². The molecule has 2 aromatic heterocycles. The zero-order valence-electron chi connectivity index (χ0n) is 14.0. The van der Waals surface area contributed by atoms with Gasteiger partial charge >= 0.3 is 0 Å². The monoisotopic (exact) mass is 338 g/mol. The molecule has 6 heteroatoms. The number of aliphatic hydroxyl groups is 1. The van der Waals surface area contributed by atoms with Crippen LogP contribution < -0.4 is 10.3 Å². The van der Waals surface area contributed by atoms with Gasteiger partial charge in [0.25, 0.3) is 5.56 Å². The molecule has 0 radical (unpaired) electrons. The number of hydrogen-bond acceptors (Lipinski definition) is 5. The van der Waals surface area contributed by atoms with Crippen LogP contribution in [0.15, 0.2) is 35.4 Å². The van der Waals surface area contributed by atoms with Crippen LogP contribution in [0.1, 0.15) is 24.2 Å². The SMILES string of the molecule is COc1cc2c(cc1O)CCn1c-2cc2c([C@@H](C)O)cncc2c1=O. The molecule has 2 N–H and O–H groups in total. The van der Waals surface area contributed by atoms with Crippen molar-refractivity contribution in [3.05, 3.63) is 52.1 Å². The summed E-state index contributed by atoms with van der Waals surface area (Å²) in [5, 5.41) is 21.2. The molecular weight excluding hydrogens is 320 g/mol. The van der Waals surface area contributed by atoms with Gasteiger partial charge in [0.2, 0.25) is 0 Å². The van der Waals surface area contributed by atoms with E-state index in [0.717, 1.165) is 16.8 Å². The van der Waals surface area contributed by atoms with E-state index < -0.39 is 6.10 Å². The van der Waals surface area contributed by atoms with Gasteiger partial charge in [-0.15, -0.1) is 0 Å². The molecule has 1 atom stereocenters. The predicted octanol–water partition coefficient (Wildman–Crippen LogP) is 2.39. The molecule has 0 unspecified atom stereocenters. The molecule has 0 amide bonds. The lowest BCUT2D eigenvalue weighted by atomic mass is 9.94. The number of nitrogens with zero attached hydrogens (tertiary/aromatic N) is 2. The molecule has 3 heterocycles. The largest absolute Gasteiger partial charge is 0.504 e. The molecule has 25 heavy (non-hydrogen) atoms. The maximum Gasteiger partial charge on any atom is 0.260 e. The fourth-order valence-electron chi connectivity index (χ4n) is 3.52. The topological polar surface area (TPSA) is 84.6 Å². The maximum atomic E-state index is 12.9. The molecule has 0 spiro atoms. The van der Waals surface area contributed by atoms with E-state index in [1.165, 1.54) is 7.11 Å². The molecule has 1 aliphatic heterocycles. The van der Waals surface area contributed by atoms with Gasteiger partial charge < -0.3 is 19.5 Å². The Hall–Kier alpha value is -2.86. The average Bonchev–Trinajstić information content (AvgIpc) is 2.60. The van der Waals surface area contributed by atoms with Gasteiger partial charge in [0.15, 0.2) is 11.5 Å². The Bertz CT molecular complexity index is 1050. The molecule has 3 aromatic rings. The zero-order valence-corrected chi connectivity index (χ0v) is 14.0. The fraction of sp³-hybridized carbons (Fsp3) is 0.263. The first kappa shape index (κ1) is 15.7. The number of hydrogen-bond donors (Lipinski definition) is 2. The highest BCUT2D eigenvalue weighted by Gasteiger charge is 2.22. The fourth-order valence-corrected chi connectivity index (χ4v) is 3.52. The summed E-state index contributed by atoms with van der Waals surface area (Å²) in [5.41, 5.74) is 3.07. The minimum Gasteiger partial charge on any atom is -0.504 e. The summed E-state index contributed by atoms with van der Waals surface area (Å²) in [6, 6.07) is 5.35. The van der Waals surface area contributed by atoms with Gasteiger partial charge in [-0.05, 0) is 42.5 Å². The molecular formula is C19H18N2O4. The third kappa shape index (κ3) is 2.29. The summed E-state index contributed by atoms with van der Waals surface area (Å²) in [6.07, 6.45) is 3.06. The molecule has 0 saturated carbocycles. The number of aliphatic hydroxyl groups excluding tert-OH is 1. The van der Waals surface area contributed by atoms with Crippen LogP contribution in [-0.2, 0) is 13.0 Å². The van der Waals surface area contributed by atoms with Gasteiger partial charge in [0.05, 0.1) is 24.3 Å². The number of aromatic hydroxyl groups is 1. The molecule has 1 aliphatic rings. The number of phenolic OH excluding ortho intramolecular Hbond substituents is 1. The standard InChI is InChI=1S/C19H18N2O4/c1-10(22)14-8-20-9-15-13(14)6-16-12-7-18(25-2)17(23)5-11(12)3-4-21(16)19(15)24/h5-10,22-23H,3-4H2,1-2H3/t10-/m1/s1. The second-order valence-corrected chi connectivity index (χ2v) is 6.28. The predicted molar refractivity (Wildman–Crippen MR) is 94.0 cm³/mol. The van der Waals surface area contributed by atoms with E-state index in [2.05, 4.69) is 4.98 Å². The van der Waals surface area contributed by atoms with Crippen LogP contribution in [-0.4, -0.2) is 26.9 Å². The number of benzene rings is 1. The molecule has 0 aliphatic carbocycles. The van der Waals surface area contributed by atoms with E-state index in [-0.39, 0.29) is 11.3 Å². The van der Waals surface area contributed by atoms with Gasteiger partial charge in [-0.25, -0.2) is 0 Å². The third-order valence-corrected chi connectivity index (χ3v) is 4.80. The van der Waals surface area contributed by atoms with Crippen molar-refractivity contribution in [3.8, 4) is 22.8 Å². The van der Waals surface area contributed by atoms with Crippen LogP contribution >= 0.6 is 0 Å². The lowest BCUT2D eigenvalue weighted by Crippen LogP contribution is -2.26. The van der Waals surface area contributed by atoms with Crippen LogP contribution in [0.25, 0.3) is 22.0 Å². The summed E-state index contributed by atoms with van der Waals surface area (Å²) in [5.74, 6) is 0.455. The second kappa shape index (κ2) is 5.60. The van der Waals surface area contributed by atoms with E-state index >= 15 is 0 Å². The molecule has 0 bridgehead atoms. The Balaban J connectivity index is 2.08. The summed E-state index contributed by atoms with van der Waals surface area (Å²) >= 11 is 0. The first-order chi connectivity index (χ1) is 12.0. The van der Waals surface area contributed by atoms with Crippen LogP contribution in [0.3, 0.4) is 0 Å².